The van der Waals surface area contributed by atoms with E-state index in [1.165, 1.54) is 0 Å². The van der Waals surface area contributed by atoms with Gasteiger partial charge in [-0.1, -0.05) is 24.3 Å². The van der Waals surface area contributed by atoms with Crippen molar-refractivity contribution in [1.29, 1.82) is 0 Å². The highest BCUT2D eigenvalue weighted by Crippen LogP contribution is 2.28. The van der Waals surface area contributed by atoms with Crippen LogP contribution in [0.2, 0.25) is 0 Å². The highest BCUT2D eigenvalue weighted by Gasteiger charge is 2.19. The number of esters is 1. The van der Waals surface area contributed by atoms with E-state index < -0.39 is 5.97 Å². The summed E-state index contributed by atoms with van der Waals surface area (Å²) in [6.07, 6.45) is 1.70. The highest BCUT2D eigenvalue weighted by atomic mass is 32.1. The molecule has 0 aliphatic carbocycles. The molecular formula is C15H17N3O2S. The number of aromatic nitrogens is 1. The number of aromatic amines is 1. The van der Waals surface area contributed by atoms with Crippen molar-refractivity contribution in [3.05, 3.63) is 42.6 Å². The summed E-state index contributed by atoms with van der Waals surface area (Å²) < 4.78 is 5.07. The third-order valence-corrected chi connectivity index (χ3v) is 3.08. The van der Waals surface area contributed by atoms with Gasteiger partial charge in [0, 0.05) is 17.4 Å². The average molecular weight is 303 g/mol. The van der Waals surface area contributed by atoms with Crippen molar-refractivity contribution in [2.24, 2.45) is 0 Å². The zero-order chi connectivity index (χ0) is 15.2. The molecular weight excluding hydrogens is 286 g/mol. The molecule has 0 unspecified atom stereocenters. The molecule has 0 saturated heterocycles. The zero-order valence-electron chi connectivity index (χ0n) is 11.7. The number of anilines is 1. The molecule has 1 heterocycles. The van der Waals surface area contributed by atoms with Crippen molar-refractivity contribution in [3.63, 3.8) is 0 Å². The van der Waals surface area contributed by atoms with E-state index >= 15 is 0 Å². The number of hydrogen-bond acceptors (Lipinski definition) is 3. The molecule has 5 nitrogen and oxygen atoms in total. The quantitative estimate of drug-likeness (QED) is 0.450. The fourth-order valence-electron chi connectivity index (χ4n) is 1.95. The van der Waals surface area contributed by atoms with Crippen LogP contribution in [0.1, 0.15) is 17.4 Å². The van der Waals surface area contributed by atoms with E-state index in [0.717, 1.165) is 10.9 Å². The Morgan fingerprint density at radius 1 is 1.48 bits per heavy atom. The van der Waals surface area contributed by atoms with Crippen LogP contribution >= 0.6 is 12.2 Å². The molecule has 110 valence electrons. The average Bonchev–Trinajstić information content (AvgIpc) is 2.84. The summed E-state index contributed by atoms with van der Waals surface area (Å²) in [6, 6.07) is 7.60. The van der Waals surface area contributed by atoms with Crippen molar-refractivity contribution in [2.45, 2.75) is 6.92 Å². The Balaban J connectivity index is 2.38. The van der Waals surface area contributed by atoms with Gasteiger partial charge in [-0.15, -0.1) is 6.58 Å². The molecule has 2 rings (SSSR count). The van der Waals surface area contributed by atoms with Gasteiger partial charge in [-0.2, -0.15) is 0 Å². The minimum Gasteiger partial charge on any atom is -0.461 e. The first kappa shape index (κ1) is 15.1. The monoisotopic (exact) mass is 303 g/mol. The predicted octanol–water partition coefficient (Wildman–Crippen LogP) is 2.82. The molecule has 0 aliphatic rings. The molecule has 0 radical (unpaired) electrons. The lowest BCUT2D eigenvalue weighted by Crippen LogP contribution is -2.29. The van der Waals surface area contributed by atoms with Crippen LogP contribution in [0.5, 0.6) is 0 Å². The first-order valence-electron chi connectivity index (χ1n) is 6.61. The SMILES string of the molecule is C=CCNC(=S)Nc1c(C(=O)OCC)[nH]c2ccccc12. The Morgan fingerprint density at radius 3 is 2.95 bits per heavy atom. The number of carbonyl (C=O) groups excluding carboxylic acids is 1. The Hall–Kier alpha value is -2.34. The number of ether oxygens (including phenoxy) is 1. The van der Waals surface area contributed by atoms with E-state index in [2.05, 4.69) is 22.2 Å². The standard InChI is InChI=1S/C15H17N3O2S/c1-3-9-16-15(21)18-12-10-7-5-6-8-11(10)17-13(12)14(19)20-4-2/h3,5-8,17H,1,4,9H2,2H3,(H2,16,18,21). The third-order valence-electron chi connectivity index (χ3n) is 2.83. The van der Waals surface area contributed by atoms with Gasteiger partial charge in [-0.05, 0) is 25.2 Å². The fourth-order valence-corrected chi connectivity index (χ4v) is 2.14. The first-order chi connectivity index (χ1) is 10.2. The summed E-state index contributed by atoms with van der Waals surface area (Å²) in [6.45, 7) is 6.24. The fraction of sp³-hybridized carbons (Fsp3) is 0.200. The molecule has 0 fully saturated rings. The molecule has 2 aromatic rings. The van der Waals surface area contributed by atoms with Crippen LogP contribution in [0.4, 0.5) is 5.69 Å². The van der Waals surface area contributed by atoms with E-state index in [9.17, 15) is 4.79 Å². The van der Waals surface area contributed by atoms with Crippen molar-refractivity contribution in [1.82, 2.24) is 10.3 Å². The minimum absolute atomic E-state index is 0.312. The van der Waals surface area contributed by atoms with Crippen LogP contribution in [-0.4, -0.2) is 29.2 Å². The molecule has 0 amide bonds. The van der Waals surface area contributed by atoms with Gasteiger partial charge in [0.15, 0.2) is 5.11 Å². The second-order valence-corrected chi connectivity index (χ2v) is 4.67. The number of thiocarbonyl (C=S) groups is 1. The molecule has 0 atom stereocenters. The molecule has 0 bridgehead atoms. The van der Waals surface area contributed by atoms with Crippen molar-refractivity contribution in [3.8, 4) is 0 Å². The smallest absolute Gasteiger partial charge is 0.356 e. The summed E-state index contributed by atoms with van der Waals surface area (Å²) in [4.78, 5) is 15.1. The molecule has 0 spiro atoms. The number of benzene rings is 1. The lowest BCUT2D eigenvalue weighted by atomic mass is 10.2. The summed E-state index contributed by atoms with van der Waals surface area (Å²) in [5.74, 6) is -0.414. The number of hydrogen-bond donors (Lipinski definition) is 3. The molecule has 6 heteroatoms. The lowest BCUT2D eigenvalue weighted by molar-refractivity contribution is 0.0522. The van der Waals surface area contributed by atoms with E-state index in [1.807, 2.05) is 24.3 Å². The van der Waals surface area contributed by atoms with E-state index in [4.69, 9.17) is 17.0 Å². The van der Waals surface area contributed by atoms with Crippen LogP contribution in [0.25, 0.3) is 10.9 Å². The molecule has 3 N–H and O–H groups in total. The number of H-pyrrole nitrogens is 1. The van der Waals surface area contributed by atoms with Crippen LogP contribution in [0.3, 0.4) is 0 Å². The van der Waals surface area contributed by atoms with Gasteiger partial charge in [-0.25, -0.2) is 4.79 Å². The van der Waals surface area contributed by atoms with Crippen LogP contribution in [0, 0.1) is 0 Å². The lowest BCUT2D eigenvalue weighted by Gasteiger charge is -2.10. The number of para-hydroxylation sites is 1. The summed E-state index contributed by atoms with van der Waals surface area (Å²) >= 11 is 5.21. The molecule has 0 saturated carbocycles. The van der Waals surface area contributed by atoms with Crippen LogP contribution in [0.15, 0.2) is 36.9 Å². The van der Waals surface area contributed by atoms with Gasteiger partial charge in [-0.3, -0.25) is 0 Å². The van der Waals surface area contributed by atoms with Gasteiger partial charge in [0.1, 0.15) is 5.69 Å². The highest BCUT2D eigenvalue weighted by molar-refractivity contribution is 7.80. The largest absolute Gasteiger partial charge is 0.461 e. The van der Waals surface area contributed by atoms with Crippen molar-refractivity contribution < 1.29 is 9.53 Å². The van der Waals surface area contributed by atoms with Gasteiger partial charge in [0.2, 0.25) is 0 Å². The maximum absolute atomic E-state index is 12.1. The van der Waals surface area contributed by atoms with E-state index in [-0.39, 0.29) is 0 Å². The number of carbonyl (C=O) groups is 1. The van der Waals surface area contributed by atoms with E-state index in [1.54, 1.807) is 13.0 Å². The molecule has 21 heavy (non-hydrogen) atoms. The Kier molecular flexibility index (Phi) is 4.94. The molecule has 0 aliphatic heterocycles. The van der Waals surface area contributed by atoms with Crippen molar-refractivity contribution >= 4 is 39.9 Å². The van der Waals surface area contributed by atoms with Crippen LogP contribution in [-0.2, 0) is 4.74 Å². The normalized spacial score (nSPS) is 10.1. The van der Waals surface area contributed by atoms with E-state index in [0.29, 0.717) is 29.6 Å². The topological polar surface area (TPSA) is 66.2 Å². The second kappa shape index (κ2) is 6.90. The Labute approximate surface area is 128 Å². The predicted molar refractivity (Wildman–Crippen MR) is 88.7 cm³/mol. The summed E-state index contributed by atoms with van der Waals surface area (Å²) in [5.41, 5.74) is 1.82. The van der Waals surface area contributed by atoms with Gasteiger partial charge >= 0.3 is 5.97 Å². The van der Waals surface area contributed by atoms with Gasteiger partial charge < -0.3 is 20.4 Å². The van der Waals surface area contributed by atoms with Crippen molar-refractivity contribution in [2.75, 3.05) is 18.5 Å². The summed E-state index contributed by atoms with van der Waals surface area (Å²) in [5, 5.41) is 7.32. The number of nitrogens with one attached hydrogen (secondary N) is 3. The maximum atomic E-state index is 12.1. The Morgan fingerprint density at radius 2 is 2.24 bits per heavy atom. The minimum atomic E-state index is -0.414. The number of fused-ring (bicyclic) bond motifs is 1. The summed E-state index contributed by atoms with van der Waals surface area (Å²) in [7, 11) is 0. The van der Waals surface area contributed by atoms with Crippen LogP contribution < -0.4 is 10.6 Å². The van der Waals surface area contributed by atoms with Gasteiger partial charge in [0.05, 0.1) is 12.3 Å². The Bertz CT molecular complexity index is 679. The first-order valence-corrected chi connectivity index (χ1v) is 7.01. The maximum Gasteiger partial charge on any atom is 0.356 e. The van der Waals surface area contributed by atoms with Gasteiger partial charge in [0.25, 0.3) is 0 Å². The zero-order valence-corrected chi connectivity index (χ0v) is 12.5. The molecule has 1 aromatic heterocycles. The number of rotatable bonds is 5. The molecule has 1 aromatic carbocycles. The third kappa shape index (κ3) is 3.41. The second-order valence-electron chi connectivity index (χ2n) is 4.26.